The predicted octanol–water partition coefficient (Wildman–Crippen LogP) is 4.34. The lowest BCUT2D eigenvalue weighted by Crippen LogP contribution is -2.12. The van der Waals surface area contributed by atoms with Crippen LogP contribution in [0.5, 0.6) is 0 Å². The first-order chi connectivity index (χ1) is 10.1. The van der Waals surface area contributed by atoms with E-state index < -0.39 is 0 Å². The Morgan fingerprint density at radius 2 is 2.00 bits per heavy atom. The molecule has 0 saturated heterocycles. The minimum absolute atomic E-state index is 0.796. The monoisotopic (exact) mass is 305 g/mol. The van der Waals surface area contributed by atoms with Crippen molar-refractivity contribution in [2.45, 2.75) is 47.2 Å². The van der Waals surface area contributed by atoms with Crippen molar-refractivity contribution in [1.82, 2.24) is 15.1 Å². The van der Waals surface area contributed by atoms with Crippen LogP contribution >= 0.6 is 11.6 Å². The van der Waals surface area contributed by atoms with E-state index in [1.165, 1.54) is 16.8 Å². The molecule has 1 N–H and O–H groups in total. The fourth-order valence-corrected chi connectivity index (χ4v) is 2.85. The van der Waals surface area contributed by atoms with Gasteiger partial charge in [0.1, 0.15) is 0 Å². The van der Waals surface area contributed by atoms with Gasteiger partial charge in [-0.05, 0) is 50.1 Å². The Morgan fingerprint density at radius 3 is 2.67 bits per heavy atom. The lowest BCUT2D eigenvalue weighted by molar-refractivity contribution is 0.583. The summed E-state index contributed by atoms with van der Waals surface area (Å²) in [5.41, 5.74) is 5.88. The van der Waals surface area contributed by atoms with Crippen LogP contribution in [0, 0.1) is 13.8 Å². The summed E-state index contributed by atoms with van der Waals surface area (Å²) in [6.07, 6.45) is 1.09. The molecule has 1 aromatic heterocycles. The van der Waals surface area contributed by atoms with E-state index in [1.807, 2.05) is 6.07 Å². The second-order valence-electron chi connectivity index (χ2n) is 5.36. The van der Waals surface area contributed by atoms with Crippen molar-refractivity contribution in [1.29, 1.82) is 0 Å². The predicted molar refractivity (Wildman–Crippen MR) is 89.8 cm³/mol. The van der Waals surface area contributed by atoms with Crippen molar-refractivity contribution in [3.8, 4) is 11.1 Å². The van der Waals surface area contributed by atoms with Gasteiger partial charge in [-0.2, -0.15) is 5.10 Å². The van der Waals surface area contributed by atoms with E-state index in [1.54, 1.807) is 0 Å². The minimum Gasteiger partial charge on any atom is -0.313 e. The number of hydrogen-bond acceptors (Lipinski definition) is 2. The largest absolute Gasteiger partial charge is 0.313 e. The van der Waals surface area contributed by atoms with Crippen LogP contribution in [0.3, 0.4) is 0 Å². The van der Waals surface area contributed by atoms with Crippen molar-refractivity contribution in [2.24, 2.45) is 0 Å². The van der Waals surface area contributed by atoms with Gasteiger partial charge in [0.2, 0.25) is 0 Å². The number of nitrogens with zero attached hydrogens (tertiary/aromatic N) is 2. The van der Waals surface area contributed by atoms with E-state index in [0.717, 1.165) is 42.3 Å². The Kier molecular flexibility index (Phi) is 5.43. The number of hydrogen-bond donors (Lipinski definition) is 1. The lowest BCUT2D eigenvalue weighted by Gasteiger charge is -2.09. The zero-order chi connectivity index (χ0) is 15.4. The van der Waals surface area contributed by atoms with Gasteiger partial charge in [0, 0.05) is 29.4 Å². The first kappa shape index (κ1) is 16.1. The molecule has 2 aromatic rings. The molecule has 3 nitrogen and oxygen atoms in total. The van der Waals surface area contributed by atoms with Crippen LogP contribution in [0.15, 0.2) is 18.2 Å². The molecule has 0 amide bonds. The summed E-state index contributed by atoms with van der Waals surface area (Å²) in [6.45, 7) is 11.2. The van der Waals surface area contributed by atoms with Crippen molar-refractivity contribution in [3.05, 3.63) is 40.2 Å². The highest BCUT2D eigenvalue weighted by molar-refractivity contribution is 6.31. The number of benzene rings is 1. The van der Waals surface area contributed by atoms with Crippen molar-refractivity contribution < 1.29 is 0 Å². The molecule has 114 valence electrons. The number of nitrogens with one attached hydrogen (secondary N) is 1. The second-order valence-corrected chi connectivity index (χ2v) is 5.76. The smallest absolute Gasteiger partial charge is 0.0674 e. The average Bonchev–Trinajstić information content (AvgIpc) is 2.73. The summed E-state index contributed by atoms with van der Waals surface area (Å²) in [7, 11) is 0. The maximum Gasteiger partial charge on any atom is 0.0674 e. The summed E-state index contributed by atoms with van der Waals surface area (Å²) in [4.78, 5) is 0. The third-order valence-electron chi connectivity index (χ3n) is 3.72. The number of aromatic nitrogens is 2. The minimum atomic E-state index is 0.796. The zero-order valence-electron chi connectivity index (χ0n) is 13.3. The van der Waals surface area contributed by atoms with E-state index in [2.05, 4.69) is 54.9 Å². The molecule has 4 heteroatoms. The van der Waals surface area contributed by atoms with Crippen LogP contribution in [0.25, 0.3) is 11.1 Å². The third-order valence-corrected chi connectivity index (χ3v) is 4.09. The van der Waals surface area contributed by atoms with E-state index in [-0.39, 0.29) is 0 Å². The molecule has 0 radical (unpaired) electrons. The SMILES string of the molecule is CCCn1nc(C)c(-c2ccc(Cl)c(CNCC)c2)c1C. The van der Waals surface area contributed by atoms with Gasteiger partial charge < -0.3 is 5.32 Å². The van der Waals surface area contributed by atoms with Gasteiger partial charge >= 0.3 is 0 Å². The molecule has 21 heavy (non-hydrogen) atoms. The Bertz CT molecular complexity index is 617. The topological polar surface area (TPSA) is 29.9 Å². The Labute approximate surface area is 132 Å². The molecule has 0 atom stereocenters. The van der Waals surface area contributed by atoms with Crippen molar-refractivity contribution >= 4 is 11.6 Å². The van der Waals surface area contributed by atoms with Gasteiger partial charge in [-0.1, -0.05) is 31.5 Å². The van der Waals surface area contributed by atoms with Gasteiger partial charge in [0.05, 0.1) is 5.69 Å². The van der Waals surface area contributed by atoms with Crippen molar-refractivity contribution in [3.63, 3.8) is 0 Å². The molecule has 0 aliphatic heterocycles. The normalized spacial score (nSPS) is 11.1. The fraction of sp³-hybridized carbons (Fsp3) is 0.471. The van der Waals surface area contributed by atoms with Gasteiger partial charge in [-0.15, -0.1) is 0 Å². The summed E-state index contributed by atoms with van der Waals surface area (Å²) in [5, 5.41) is 8.81. The molecule has 1 aromatic carbocycles. The molecule has 0 unspecified atom stereocenters. The maximum absolute atomic E-state index is 6.29. The summed E-state index contributed by atoms with van der Waals surface area (Å²) in [5.74, 6) is 0. The van der Waals surface area contributed by atoms with E-state index in [0.29, 0.717) is 0 Å². The summed E-state index contributed by atoms with van der Waals surface area (Å²) < 4.78 is 2.10. The second kappa shape index (κ2) is 7.10. The first-order valence-corrected chi connectivity index (χ1v) is 7.99. The molecule has 0 saturated carbocycles. The van der Waals surface area contributed by atoms with Crippen LogP contribution < -0.4 is 5.32 Å². The molecular formula is C17H24ClN3. The fourth-order valence-electron chi connectivity index (χ4n) is 2.67. The van der Waals surface area contributed by atoms with Crippen LogP contribution in [-0.2, 0) is 13.1 Å². The first-order valence-electron chi connectivity index (χ1n) is 7.62. The molecule has 0 aliphatic carbocycles. The maximum atomic E-state index is 6.29. The number of rotatable bonds is 6. The van der Waals surface area contributed by atoms with Crippen LogP contribution in [-0.4, -0.2) is 16.3 Å². The van der Waals surface area contributed by atoms with E-state index >= 15 is 0 Å². The standard InChI is InChI=1S/C17H24ClN3/c1-5-9-21-13(4)17(12(3)20-21)14-7-8-16(18)15(10-14)11-19-6-2/h7-8,10,19H,5-6,9,11H2,1-4H3. The highest BCUT2D eigenvalue weighted by Gasteiger charge is 2.14. The molecule has 0 aliphatic rings. The van der Waals surface area contributed by atoms with E-state index in [4.69, 9.17) is 11.6 Å². The van der Waals surface area contributed by atoms with Crippen LogP contribution in [0.2, 0.25) is 5.02 Å². The van der Waals surface area contributed by atoms with Gasteiger partial charge in [-0.25, -0.2) is 0 Å². The lowest BCUT2D eigenvalue weighted by atomic mass is 10.0. The van der Waals surface area contributed by atoms with Crippen LogP contribution in [0.1, 0.15) is 37.2 Å². The highest BCUT2D eigenvalue weighted by Crippen LogP contribution is 2.30. The Hall–Kier alpha value is -1.32. The summed E-state index contributed by atoms with van der Waals surface area (Å²) in [6, 6.07) is 6.25. The van der Waals surface area contributed by atoms with Crippen LogP contribution in [0.4, 0.5) is 0 Å². The molecule has 0 spiro atoms. The molecular weight excluding hydrogens is 282 g/mol. The van der Waals surface area contributed by atoms with Gasteiger partial charge in [-0.3, -0.25) is 4.68 Å². The molecule has 2 rings (SSSR count). The Morgan fingerprint density at radius 1 is 1.24 bits per heavy atom. The van der Waals surface area contributed by atoms with Crippen molar-refractivity contribution in [2.75, 3.05) is 6.54 Å². The Balaban J connectivity index is 2.42. The third kappa shape index (κ3) is 3.47. The highest BCUT2D eigenvalue weighted by atomic mass is 35.5. The molecule has 1 heterocycles. The van der Waals surface area contributed by atoms with Gasteiger partial charge in [0.15, 0.2) is 0 Å². The number of aryl methyl sites for hydroxylation is 2. The zero-order valence-corrected chi connectivity index (χ0v) is 14.1. The average molecular weight is 306 g/mol. The molecule has 0 bridgehead atoms. The summed E-state index contributed by atoms with van der Waals surface area (Å²) >= 11 is 6.29. The number of halogens is 1. The van der Waals surface area contributed by atoms with E-state index in [9.17, 15) is 0 Å². The molecule has 0 fully saturated rings. The quantitative estimate of drug-likeness (QED) is 0.860. The van der Waals surface area contributed by atoms with Gasteiger partial charge in [0.25, 0.3) is 0 Å².